The Kier molecular flexibility index (Phi) is 4.61. The van der Waals surface area contributed by atoms with Gasteiger partial charge in [0.25, 0.3) is 5.91 Å². The molecule has 0 atom stereocenters. The van der Waals surface area contributed by atoms with Crippen LogP contribution < -0.4 is 4.90 Å². The Morgan fingerprint density at radius 3 is 2.37 bits per heavy atom. The van der Waals surface area contributed by atoms with Crippen LogP contribution in [-0.4, -0.2) is 11.7 Å². The first-order valence-electron chi connectivity index (χ1n) is 8.64. The zero-order valence-corrected chi connectivity index (χ0v) is 15.5. The van der Waals surface area contributed by atoms with Crippen molar-refractivity contribution in [3.05, 3.63) is 106 Å². The first-order valence-corrected chi connectivity index (χ1v) is 9.02. The lowest BCUT2D eigenvalue weighted by molar-refractivity contribution is -0.113. The van der Waals surface area contributed by atoms with Crippen molar-refractivity contribution in [2.75, 3.05) is 4.90 Å². The number of carbonyl (C=O) groups is 1. The third-order valence-electron chi connectivity index (χ3n) is 4.34. The number of hydrogen-bond acceptors (Lipinski definition) is 2. The minimum Gasteiger partial charge on any atom is -0.266 e. The van der Waals surface area contributed by atoms with Gasteiger partial charge < -0.3 is 0 Å². The number of carbonyl (C=O) groups excluding carboxylic acids is 1. The fraction of sp³-hybridized carbons (Fsp3) is 0.0435. The number of amides is 1. The van der Waals surface area contributed by atoms with Crippen LogP contribution in [0.25, 0.3) is 6.08 Å². The van der Waals surface area contributed by atoms with Gasteiger partial charge in [-0.2, -0.15) is 0 Å². The molecule has 0 saturated heterocycles. The highest BCUT2D eigenvalue weighted by Crippen LogP contribution is 2.28. The minimum atomic E-state index is -0.155. The van der Waals surface area contributed by atoms with Crippen LogP contribution in [0.1, 0.15) is 16.7 Å². The summed E-state index contributed by atoms with van der Waals surface area (Å²) < 4.78 is 0. The fourth-order valence-corrected chi connectivity index (χ4v) is 3.18. The average Bonchev–Trinajstić information content (AvgIpc) is 3.00. The molecular weight excluding hydrogens is 356 g/mol. The van der Waals surface area contributed by atoms with Crippen molar-refractivity contribution >= 4 is 35.1 Å². The Balaban J connectivity index is 1.82. The third kappa shape index (κ3) is 3.55. The second kappa shape index (κ2) is 7.22. The average molecular weight is 373 g/mol. The van der Waals surface area contributed by atoms with Gasteiger partial charge in [0.1, 0.15) is 11.5 Å². The maximum absolute atomic E-state index is 13.2. The standard InChI is InChI=1S/C23H17ClN2O/c1-16-10-12-20(13-11-16)26-22(18-7-3-2-4-8-18)25-21(23(26)27)15-17-6-5-9-19(24)14-17/h2-15H,1H3. The summed E-state index contributed by atoms with van der Waals surface area (Å²) in [5.41, 5.74) is 4.05. The van der Waals surface area contributed by atoms with Crippen molar-refractivity contribution in [1.29, 1.82) is 0 Å². The minimum absolute atomic E-state index is 0.155. The predicted molar refractivity (Wildman–Crippen MR) is 111 cm³/mol. The Morgan fingerprint density at radius 2 is 1.67 bits per heavy atom. The van der Waals surface area contributed by atoms with E-state index in [9.17, 15) is 4.79 Å². The highest BCUT2D eigenvalue weighted by Gasteiger charge is 2.32. The van der Waals surface area contributed by atoms with Gasteiger partial charge in [-0.1, -0.05) is 71.8 Å². The van der Waals surface area contributed by atoms with E-state index < -0.39 is 0 Å². The van der Waals surface area contributed by atoms with Crippen molar-refractivity contribution < 1.29 is 4.79 Å². The molecule has 0 spiro atoms. The van der Waals surface area contributed by atoms with E-state index in [0.717, 1.165) is 22.4 Å². The number of halogens is 1. The zero-order valence-electron chi connectivity index (χ0n) is 14.8. The highest BCUT2D eigenvalue weighted by molar-refractivity contribution is 6.33. The molecule has 0 unspecified atom stereocenters. The van der Waals surface area contributed by atoms with Gasteiger partial charge in [-0.25, -0.2) is 4.99 Å². The summed E-state index contributed by atoms with van der Waals surface area (Å²) in [4.78, 5) is 19.5. The summed E-state index contributed by atoms with van der Waals surface area (Å²) >= 11 is 6.07. The number of hydrogen-bond donors (Lipinski definition) is 0. The molecule has 3 aromatic carbocycles. The number of aryl methyl sites for hydroxylation is 1. The van der Waals surface area contributed by atoms with E-state index in [1.54, 1.807) is 17.0 Å². The highest BCUT2D eigenvalue weighted by atomic mass is 35.5. The number of benzene rings is 3. The van der Waals surface area contributed by atoms with E-state index in [-0.39, 0.29) is 5.91 Å². The Labute approximate surface area is 163 Å². The van der Waals surface area contributed by atoms with Crippen LogP contribution in [0, 0.1) is 6.92 Å². The normalized spacial score (nSPS) is 15.3. The van der Waals surface area contributed by atoms with Crippen molar-refractivity contribution in [1.82, 2.24) is 0 Å². The second-order valence-corrected chi connectivity index (χ2v) is 6.80. The van der Waals surface area contributed by atoms with E-state index in [2.05, 4.69) is 4.99 Å². The van der Waals surface area contributed by atoms with Crippen molar-refractivity contribution in [3.8, 4) is 0 Å². The first kappa shape index (κ1) is 17.3. The number of aliphatic imine (C=N–C) groups is 1. The summed E-state index contributed by atoms with van der Waals surface area (Å²) in [5, 5.41) is 0.623. The first-order chi connectivity index (χ1) is 13.1. The summed E-state index contributed by atoms with van der Waals surface area (Å²) in [6, 6.07) is 25.0. The summed E-state index contributed by atoms with van der Waals surface area (Å²) in [6.45, 7) is 2.02. The predicted octanol–water partition coefficient (Wildman–Crippen LogP) is 5.48. The van der Waals surface area contributed by atoms with Crippen molar-refractivity contribution in [3.63, 3.8) is 0 Å². The van der Waals surface area contributed by atoms with E-state index in [1.165, 1.54) is 0 Å². The van der Waals surface area contributed by atoms with Gasteiger partial charge in [0, 0.05) is 10.6 Å². The van der Waals surface area contributed by atoms with Gasteiger partial charge in [-0.15, -0.1) is 0 Å². The maximum atomic E-state index is 13.2. The van der Waals surface area contributed by atoms with Gasteiger partial charge in [0.05, 0.1) is 5.69 Å². The van der Waals surface area contributed by atoms with Gasteiger partial charge in [-0.3, -0.25) is 9.69 Å². The van der Waals surface area contributed by atoms with Crippen LogP contribution >= 0.6 is 11.6 Å². The van der Waals surface area contributed by atoms with E-state index in [4.69, 9.17) is 11.6 Å². The molecule has 1 heterocycles. The molecule has 0 fully saturated rings. The molecule has 3 nitrogen and oxygen atoms in total. The van der Waals surface area contributed by atoms with E-state index in [1.807, 2.05) is 79.7 Å². The van der Waals surface area contributed by atoms with E-state index >= 15 is 0 Å². The molecule has 0 bridgehead atoms. The van der Waals surface area contributed by atoms with Crippen LogP contribution in [0.5, 0.6) is 0 Å². The lowest BCUT2D eigenvalue weighted by Gasteiger charge is -2.18. The molecule has 0 aliphatic carbocycles. The van der Waals surface area contributed by atoms with Gasteiger partial charge in [-0.05, 0) is 42.8 Å². The molecule has 3 aromatic rings. The lowest BCUT2D eigenvalue weighted by Crippen LogP contribution is -2.32. The maximum Gasteiger partial charge on any atom is 0.282 e. The number of rotatable bonds is 3. The quantitative estimate of drug-likeness (QED) is 0.560. The Morgan fingerprint density at radius 1 is 0.926 bits per heavy atom. The second-order valence-electron chi connectivity index (χ2n) is 6.36. The van der Waals surface area contributed by atoms with Crippen LogP contribution in [0.2, 0.25) is 5.02 Å². The fourth-order valence-electron chi connectivity index (χ4n) is 2.99. The van der Waals surface area contributed by atoms with Crippen molar-refractivity contribution in [2.45, 2.75) is 6.92 Å². The van der Waals surface area contributed by atoms with Gasteiger partial charge in [0.2, 0.25) is 0 Å². The van der Waals surface area contributed by atoms with Crippen LogP contribution in [0.4, 0.5) is 5.69 Å². The SMILES string of the molecule is Cc1ccc(N2C(=O)C(=Cc3cccc(Cl)c3)N=C2c2ccccc2)cc1. The lowest BCUT2D eigenvalue weighted by atomic mass is 10.1. The van der Waals surface area contributed by atoms with Crippen LogP contribution in [-0.2, 0) is 4.79 Å². The third-order valence-corrected chi connectivity index (χ3v) is 4.57. The Hall–Kier alpha value is -3.17. The molecular formula is C23H17ClN2O. The molecule has 1 aliphatic heterocycles. The summed E-state index contributed by atoms with van der Waals surface area (Å²) in [6.07, 6.45) is 1.77. The monoisotopic (exact) mass is 372 g/mol. The molecule has 27 heavy (non-hydrogen) atoms. The van der Waals surface area contributed by atoms with Gasteiger partial charge in [0.15, 0.2) is 0 Å². The molecule has 1 amide bonds. The van der Waals surface area contributed by atoms with Crippen LogP contribution in [0.15, 0.2) is 89.6 Å². The molecule has 4 rings (SSSR count). The largest absolute Gasteiger partial charge is 0.282 e. The smallest absolute Gasteiger partial charge is 0.266 e. The number of amidine groups is 1. The zero-order chi connectivity index (χ0) is 18.8. The molecule has 132 valence electrons. The molecule has 0 N–H and O–H groups in total. The number of anilines is 1. The molecule has 1 aliphatic rings. The topological polar surface area (TPSA) is 32.7 Å². The van der Waals surface area contributed by atoms with Crippen molar-refractivity contribution in [2.24, 2.45) is 4.99 Å². The Bertz CT molecular complexity index is 1050. The van der Waals surface area contributed by atoms with Crippen LogP contribution in [0.3, 0.4) is 0 Å². The molecule has 0 radical (unpaired) electrons. The molecule has 4 heteroatoms. The molecule has 0 aromatic heterocycles. The summed E-state index contributed by atoms with van der Waals surface area (Å²) in [7, 11) is 0. The van der Waals surface area contributed by atoms with E-state index in [0.29, 0.717) is 16.6 Å². The molecule has 0 saturated carbocycles. The number of nitrogens with zero attached hydrogens (tertiary/aromatic N) is 2. The van der Waals surface area contributed by atoms with Gasteiger partial charge >= 0.3 is 0 Å². The summed E-state index contributed by atoms with van der Waals surface area (Å²) in [5.74, 6) is 0.468.